The lowest BCUT2D eigenvalue weighted by Gasteiger charge is -2.31. The Morgan fingerprint density at radius 2 is 2.31 bits per heavy atom. The van der Waals surface area contributed by atoms with E-state index in [0.717, 1.165) is 11.6 Å². The van der Waals surface area contributed by atoms with Crippen LogP contribution in [-0.2, 0) is 11.3 Å². The summed E-state index contributed by atoms with van der Waals surface area (Å²) < 4.78 is 5.52. The second-order valence-electron chi connectivity index (χ2n) is 4.39. The summed E-state index contributed by atoms with van der Waals surface area (Å²) in [6, 6.07) is 0.515. The fraction of sp³-hybridized carbons (Fsp3) is 0.750. The van der Waals surface area contributed by atoms with Gasteiger partial charge in [0.25, 0.3) is 0 Å². The average Bonchev–Trinajstić information content (AvgIpc) is 2.73. The Morgan fingerprint density at radius 1 is 1.50 bits per heavy atom. The van der Waals surface area contributed by atoms with Gasteiger partial charge in [-0.25, -0.2) is 4.98 Å². The van der Waals surface area contributed by atoms with Crippen molar-refractivity contribution in [3.8, 4) is 0 Å². The number of hydrogen-bond donors (Lipinski definition) is 1. The van der Waals surface area contributed by atoms with E-state index >= 15 is 0 Å². The van der Waals surface area contributed by atoms with Crippen molar-refractivity contribution in [2.24, 2.45) is 0 Å². The standard InChI is InChI=1S/C12H20N2OS/c1-9-13-7-10(16-9)8-14-11-5-3-4-6-12(11)15-2/h7,11-12,14H,3-6,8H2,1-2H3. The van der Waals surface area contributed by atoms with E-state index in [9.17, 15) is 0 Å². The van der Waals surface area contributed by atoms with E-state index in [2.05, 4.69) is 10.3 Å². The maximum atomic E-state index is 5.52. The lowest BCUT2D eigenvalue weighted by Crippen LogP contribution is -2.42. The number of nitrogens with one attached hydrogen (secondary N) is 1. The third-order valence-electron chi connectivity index (χ3n) is 3.21. The third-order valence-corrected chi connectivity index (χ3v) is 4.13. The number of thiazole rings is 1. The molecule has 0 aromatic carbocycles. The van der Waals surface area contributed by atoms with Crippen molar-refractivity contribution in [2.75, 3.05) is 7.11 Å². The zero-order valence-corrected chi connectivity index (χ0v) is 10.8. The lowest BCUT2D eigenvalue weighted by molar-refractivity contribution is 0.0414. The van der Waals surface area contributed by atoms with Gasteiger partial charge in [-0.05, 0) is 19.8 Å². The summed E-state index contributed by atoms with van der Waals surface area (Å²) in [5.74, 6) is 0. The molecule has 2 rings (SSSR count). The number of nitrogens with zero attached hydrogens (tertiary/aromatic N) is 1. The van der Waals surface area contributed by atoms with Gasteiger partial charge in [-0.2, -0.15) is 0 Å². The van der Waals surface area contributed by atoms with E-state index in [1.807, 2.05) is 20.2 Å². The molecule has 0 saturated heterocycles. The van der Waals surface area contributed by atoms with E-state index in [-0.39, 0.29) is 0 Å². The topological polar surface area (TPSA) is 34.1 Å². The van der Waals surface area contributed by atoms with Crippen LogP contribution in [-0.4, -0.2) is 24.2 Å². The van der Waals surface area contributed by atoms with Gasteiger partial charge in [0.1, 0.15) is 0 Å². The highest BCUT2D eigenvalue weighted by Crippen LogP contribution is 2.21. The van der Waals surface area contributed by atoms with Crippen LogP contribution in [0.15, 0.2) is 6.20 Å². The first kappa shape index (κ1) is 12.0. The zero-order valence-electron chi connectivity index (χ0n) is 10.0. The van der Waals surface area contributed by atoms with Crippen molar-refractivity contribution in [3.63, 3.8) is 0 Å². The summed E-state index contributed by atoms with van der Waals surface area (Å²) in [5, 5.41) is 4.74. The van der Waals surface area contributed by atoms with Gasteiger partial charge in [-0.3, -0.25) is 0 Å². The smallest absolute Gasteiger partial charge is 0.0897 e. The molecule has 0 amide bonds. The molecule has 1 aromatic rings. The van der Waals surface area contributed by atoms with E-state index in [0.29, 0.717) is 12.1 Å². The Kier molecular flexibility index (Phi) is 4.32. The predicted molar refractivity (Wildman–Crippen MR) is 66.7 cm³/mol. The van der Waals surface area contributed by atoms with Crippen LogP contribution in [0.5, 0.6) is 0 Å². The molecule has 1 heterocycles. The van der Waals surface area contributed by atoms with Crippen LogP contribution in [0.2, 0.25) is 0 Å². The van der Waals surface area contributed by atoms with Crippen LogP contribution in [0.1, 0.15) is 35.6 Å². The monoisotopic (exact) mass is 240 g/mol. The average molecular weight is 240 g/mol. The Hall–Kier alpha value is -0.450. The minimum absolute atomic E-state index is 0.391. The van der Waals surface area contributed by atoms with Crippen LogP contribution in [0, 0.1) is 6.92 Å². The van der Waals surface area contributed by atoms with Crippen LogP contribution >= 0.6 is 11.3 Å². The van der Waals surface area contributed by atoms with Crippen LogP contribution < -0.4 is 5.32 Å². The first-order chi connectivity index (χ1) is 7.79. The summed E-state index contributed by atoms with van der Waals surface area (Å²) in [7, 11) is 1.82. The molecule has 2 atom stereocenters. The number of methoxy groups -OCH3 is 1. The van der Waals surface area contributed by atoms with Crippen molar-refractivity contribution in [1.82, 2.24) is 10.3 Å². The summed E-state index contributed by atoms with van der Waals surface area (Å²) in [5.41, 5.74) is 0. The minimum Gasteiger partial charge on any atom is -0.380 e. The fourth-order valence-corrected chi connectivity index (χ4v) is 3.08. The van der Waals surface area contributed by atoms with Gasteiger partial charge in [0.05, 0.1) is 11.1 Å². The van der Waals surface area contributed by atoms with Crippen molar-refractivity contribution < 1.29 is 4.74 Å². The lowest BCUT2D eigenvalue weighted by atomic mass is 9.92. The minimum atomic E-state index is 0.391. The predicted octanol–water partition coefficient (Wildman–Crippen LogP) is 2.50. The highest BCUT2D eigenvalue weighted by Gasteiger charge is 2.24. The summed E-state index contributed by atoms with van der Waals surface area (Å²) in [6.45, 7) is 2.97. The normalized spacial score (nSPS) is 25.9. The van der Waals surface area contributed by atoms with Gasteiger partial charge in [0, 0.05) is 30.8 Å². The Bertz CT molecular complexity index is 327. The molecule has 3 nitrogen and oxygen atoms in total. The van der Waals surface area contributed by atoms with Crippen molar-refractivity contribution in [3.05, 3.63) is 16.1 Å². The van der Waals surface area contributed by atoms with Gasteiger partial charge in [-0.1, -0.05) is 12.8 Å². The summed E-state index contributed by atoms with van der Waals surface area (Å²) >= 11 is 1.77. The fourth-order valence-electron chi connectivity index (χ4n) is 2.33. The SMILES string of the molecule is COC1CCCCC1NCc1cnc(C)s1. The molecule has 2 unspecified atom stereocenters. The number of aromatic nitrogens is 1. The molecule has 4 heteroatoms. The number of aryl methyl sites for hydroxylation is 1. The molecule has 0 radical (unpaired) electrons. The zero-order chi connectivity index (χ0) is 11.4. The van der Waals surface area contributed by atoms with Gasteiger partial charge >= 0.3 is 0 Å². The van der Waals surface area contributed by atoms with Crippen molar-refractivity contribution >= 4 is 11.3 Å². The molecular weight excluding hydrogens is 220 g/mol. The molecule has 90 valence electrons. The van der Waals surface area contributed by atoms with Crippen molar-refractivity contribution in [1.29, 1.82) is 0 Å². The largest absolute Gasteiger partial charge is 0.380 e. The van der Waals surface area contributed by atoms with E-state index in [4.69, 9.17) is 4.74 Å². The molecule has 0 aliphatic heterocycles. The van der Waals surface area contributed by atoms with Gasteiger partial charge in [0.2, 0.25) is 0 Å². The molecule has 1 aliphatic carbocycles. The van der Waals surface area contributed by atoms with E-state index in [1.165, 1.54) is 30.6 Å². The molecule has 1 saturated carbocycles. The Balaban J connectivity index is 1.84. The van der Waals surface area contributed by atoms with Gasteiger partial charge in [-0.15, -0.1) is 11.3 Å². The molecule has 16 heavy (non-hydrogen) atoms. The molecule has 0 spiro atoms. The summed E-state index contributed by atoms with van der Waals surface area (Å²) in [4.78, 5) is 5.58. The third kappa shape index (κ3) is 3.03. The van der Waals surface area contributed by atoms with Gasteiger partial charge < -0.3 is 10.1 Å². The Labute approximate surface area is 101 Å². The highest BCUT2D eigenvalue weighted by molar-refractivity contribution is 7.11. The second-order valence-corrected chi connectivity index (χ2v) is 5.71. The van der Waals surface area contributed by atoms with Crippen LogP contribution in [0.4, 0.5) is 0 Å². The molecule has 0 bridgehead atoms. The molecule has 1 fully saturated rings. The highest BCUT2D eigenvalue weighted by atomic mass is 32.1. The molecule has 1 N–H and O–H groups in total. The first-order valence-electron chi connectivity index (χ1n) is 5.97. The molecular formula is C12H20N2OS. The van der Waals surface area contributed by atoms with Crippen LogP contribution in [0.25, 0.3) is 0 Å². The summed E-state index contributed by atoms with van der Waals surface area (Å²) in [6.07, 6.45) is 7.40. The molecule has 1 aromatic heterocycles. The first-order valence-corrected chi connectivity index (χ1v) is 6.78. The van der Waals surface area contributed by atoms with E-state index < -0.39 is 0 Å². The maximum absolute atomic E-state index is 5.52. The number of ether oxygens (including phenoxy) is 1. The van der Waals surface area contributed by atoms with Gasteiger partial charge in [0.15, 0.2) is 0 Å². The quantitative estimate of drug-likeness (QED) is 0.878. The van der Waals surface area contributed by atoms with Crippen LogP contribution in [0.3, 0.4) is 0 Å². The molecule has 1 aliphatic rings. The second kappa shape index (κ2) is 5.75. The number of rotatable bonds is 4. The van der Waals surface area contributed by atoms with Crippen molar-refractivity contribution in [2.45, 2.75) is 51.3 Å². The van der Waals surface area contributed by atoms with E-state index in [1.54, 1.807) is 11.3 Å². The maximum Gasteiger partial charge on any atom is 0.0897 e. The Morgan fingerprint density at radius 3 is 3.00 bits per heavy atom. The number of hydrogen-bond acceptors (Lipinski definition) is 4.